The van der Waals surface area contributed by atoms with Crippen LogP contribution >= 0.6 is 0 Å². The summed E-state index contributed by atoms with van der Waals surface area (Å²) in [6.45, 7) is 8.27. The van der Waals surface area contributed by atoms with Gasteiger partial charge in [-0.2, -0.15) is 0 Å². The average molecular weight is 206 g/mol. The number of para-hydroxylation sites is 1. The van der Waals surface area contributed by atoms with E-state index in [1.165, 1.54) is 0 Å². The molecule has 0 aromatic heterocycles. The van der Waals surface area contributed by atoms with Gasteiger partial charge in [0.05, 0.1) is 5.69 Å². The Morgan fingerprint density at radius 1 is 1.47 bits per heavy atom. The van der Waals surface area contributed by atoms with Crippen molar-refractivity contribution in [1.82, 2.24) is 0 Å². The van der Waals surface area contributed by atoms with Crippen LogP contribution in [0, 0.1) is 0 Å². The highest BCUT2D eigenvalue weighted by Crippen LogP contribution is 2.40. The maximum Gasteiger partial charge on any atom is 0.141 e. The number of anilines is 2. The van der Waals surface area contributed by atoms with Crippen molar-refractivity contribution >= 4 is 11.4 Å². The molecule has 0 unspecified atom stereocenters. The van der Waals surface area contributed by atoms with E-state index < -0.39 is 0 Å². The molecule has 0 bridgehead atoms. The highest BCUT2D eigenvalue weighted by Gasteiger charge is 2.30. The van der Waals surface area contributed by atoms with Gasteiger partial charge in [-0.05, 0) is 32.9 Å². The summed E-state index contributed by atoms with van der Waals surface area (Å²) < 4.78 is 0. The lowest BCUT2D eigenvalue weighted by Crippen LogP contribution is -2.48. The van der Waals surface area contributed by atoms with Crippen molar-refractivity contribution in [3.05, 3.63) is 18.2 Å². The van der Waals surface area contributed by atoms with E-state index in [1.807, 2.05) is 12.1 Å². The molecular weight excluding hydrogens is 188 g/mol. The van der Waals surface area contributed by atoms with Crippen LogP contribution in [0.15, 0.2) is 18.2 Å². The molecule has 2 N–H and O–H groups in total. The fraction of sp³-hybridized carbons (Fsp3) is 0.500. The van der Waals surface area contributed by atoms with E-state index in [-0.39, 0.29) is 5.54 Å². The highest BCUT2D eigenvalue weighted by atomic mass is 16.3. The van der Waals surface area contributed by atoms with Crippen LogP contribution in [0.3, 0.4) is 0 Å². The van der Waals surface area contributed by atoms with E-state index in [1.54, 1.807) is 6.07 Å². The van der Waals surface area contributed by atoms with Crippen LogP contribution in [-0.4, -0.2) is 23.7 Å². The summed E-state index contributed by atoms with van der Waals surface area (Å²) in [7, 11) is 0. The number of fused-ring (bicyclic) bond motifs is 1. The quantitative estimate of drug-likeness (QED) is 0.740. The second-order valence-corrected chi connectivity index (χ2v) is 4.70. The lowest BCUT2D eigenvalue weighted by atomic mass is 9.99. The molecule has 1 aromatic carbocycles. The van der Waals surface area contributed by atoms with Crippen molar-refractivity contribution in [2.75, 3.05) is 23.3 Å². The number of aromatic hydroxyl groups is 1. The monoisotopic (exact) mass is 206 g/mol. The summed E-state index contributed by atoms with van der Waals surface area (Å²) in [6.07, 6.45) is 0. The van der Waals surface area contributed by atoms with Gasteiger partial charge < -0.3 is 15.3 Å². The van der Waals surface area contributed by atoms with Crippen molar-refractivity contribution in [3.8, 4) is 5.75 Å². The molecule has 0 saturated heterocycles. The first-order chi connectivity index (χ1) is 7.03. The Morgan fingerprint density at radius 3 is 2.87 bits per heavy atom. The molecule has 3 heteroatoms. The van der Waals surface area contributed by atoms with E-state index in [0.29, 0.717) is 5.75 Å². The lowest BCUT2D eigenvalue weighted by molar-refractivity contribution is 0.465. The first-order valence-electron chi connectivity index (χ1n) is 5.38. The van der Waals surface area contributed by atoms with E-state index >= 15 is 0 Å². The van der Waals surface area contributed by atoms with Crippen LogP contribution in [0.5, 0.6) is 5.75 Å². The molecule has 0 spiro atoms. The Kier molecular flexibility index (Phi) is 2.25. The molecule has 0 aliphatic carbocycles. The lowest BCUT2D eigenvalue weighted by Gasteiger charge is -2.41. The van der Waals surface area contributed by atoms with Crippen molar-refractivity contribution in [2.45, 2.75) is 26.3 Å². The second-order valence-electron chi connectivity index (χ2n) is 4.70. The van der Waals surface area contributed by atoms with Crippen molar-refractivity contribution < 1.29 is 5.11 Å². The van der Waals surface area contributed by atoms with Crippen molar-refractivity contribution in [1.29, 1.82) is 0 Å². The highest BCUT2D eigenvalue weighted by molar-refractivity contribution is 5.79. The number of phenols is 1. The smallest absolute Gasteiger partial charge is 0.141 e. The van der Waals surface area contributed by atoms with Gasteiger partial charge in [-0.1, -0.05) is 6.07 Å². The van der Waals surface area contributed by atoms with Gasteiger partial charge in [0.1, 0.15) is 11.4 Å². The van der Waals surface area contributed by atoms with Gasteiger partial charge in [-0.15, -0.1) is 0 Å². The summed E-state index contributed by atoms with van der Waals surface area (Å²) in [4.78, 5) is 2.21. The molecule has 2 rings (SSSR count). The molecule has 0 fully saturated rings. The standard InChI is InChI=1S/C12H18N2O/c1-4-14-8-12(2,3)13-9-6-5-7-10(15)11(9)14/h5-7,13,15H,4,8H2,1-3H3. The third-order valence-electron chi connectivity index (χ3n) is 2.77. The van der Waals surface area contributed by atoms with Crippen LogP contribution in [0.25, 0.3) is 0 Å². The van der Waals surface area contributed by atoms with Gasteiger partial charge in [0.15, 0.2) is 0 Å². The molecule has 15 heavy (non-hydrogen) atoms. The predicted molar refractivity (Wildman–Crippen MR) is 63.7 cm³/mol. The maximum atomic E-state index is 9.85. The Morgan fingerprint density at radius 2 is 2.20 bits per heavy atom. The Balaban J connectivity index is 2.49. The summed E-state index contributed by atoms with van der Waals surface area (Å²) in [6, 6.07) is 5.62. The molecule has 0 saturated carbocycles. The number of hydrogen-bond donors (Lipinski definition) is 2. The number of phenolic OH excluding ortho intramolecular Hbond substituents is 1. The maximum absolute atomic E-state index is 9.85. The third kappa shape index (κ3) is 1.74. The third-order valence-corrected chi connectivity index (χ3v) is 2.77. The van der Waals surface area contributed by atoms with Gasteiger partial charge in [0.2, 0.25) is 0 Å². The van der Waals surface area contributed by atoms with Crippen LogP contribution in [0.2, 0.25) is 0 Å². The fourth-order valence-electron chi connectivity index (χ4n) is 2.19. The summed E-state index contributed by atoms with van der Waals surface area (Å²) >= 11 is 0. The van der Waals surface area contributed by atoms with Gasteiger partial charge in [-0.3, -0.25) is 0 Å². The zero-order valence-corrected chi connectivity index (χ0v) is 9.54. The molecule has 0 amide bonds. The van der Waals surface area contributed by atoms with E-state index in [4.69, 9.17) is 0 Å². The molecule has 1 aliphatic rings. The number of likely N-dealkylation sites (N-methyl/N-ethyl adjacent to an activating group) is 1. The molecule has 1 aromatic rings. The Labute approximate surface area is 90.7 Å². The molecule has 82 valence electrons. The van der Waals surface area contributed by atoms with Gasteiger partial charge in [0.25, 0.3) is 0 Å². The summed E-state index contributed by atoms with van der Waals surface area (Å²) in [5, 5.41) is 13.3. The van der Waals surface area contributed by atoms with Crippen LogP contribution in [0.4, 0.5) is 11.4 Å². The first kappa shape index (κ1) is 10.1. The topological polar surface area (TPSA) is 35.5 Å². The number of rotatable bonds is 1. The minimum absolute atomic E-state index is 0.0524. The molecular formula is C12H18N2O. The van der Waals surface area contributed by atoms with Gasteiger partial charge in [-0.25, -0.2) is 0 Å². The number of hydrogen-bond acceptors (Lipinski definition) is 3. The molecule has 3 nitrogen and oxygen atoms in total. The molecule has 1 aliphatic heterocycles. The Bertz CT molecular complexity index is 374. The average Bonchev–Trinajstić information content (AvgIpc) is 2.15. The first-order valence-corrected chi connectivity index (χ1v) is 5.38. The van der Waals surface area contributed by atoms with E-state index in [0.717, 1.165) is 24.5 Å². The number of nitrogens with zero attached hydrogens (tertiary/aromatic N) is 1. The van der Waals surface area contributed by atoms with E-state index in [9.17, 15) is 5.11 Å². The summed E-state index contributed by atoms with van der Waals surface area (Å²) in [5.41, 5.74) is 2.00. The van der Waals surface area contributed by atoms with Gasteiger partial charge in [0, 0.05) is 18.6 Å². The van der Waals surface area contributed by atoms with Crippen LogP contribution in [-0.2, 0) is 0 Å². The molecule has 0 atom stereocenters. The number of nitrogens with one attached hydrogen (secondary N) is 1. The Hall–Kier alpha value is -1.38. The van der Waals surface area contributed by atoms with Crippen LogP contribution in [0.1, 0.15) is 20.8 Å². The summed E-state index contributed by atoms with van der Waals surface area (Å²) in [5.74, 6) is 0.359. The number of benzene rings is 1. The van der Waals surface area contributed by atoms with Crippen LogP contribution < -0.4 is 10.2 Å². The minimum Gasteiger partial charge on any atom is -0.506 e. The minimum atomic E-state index is 0.0524. The van der Waals surface area contributed by atoms with Crippen molar-refractivity contribution in [2.24, 2.45) is 0 Å². The largest absolute Gasteiger partial charge is 0.506 e. The van der Waals surface area contributed by atoms with Gasteiger partial charge >= 0.3 is 0 Å². The zero-order chi connectivity index (χ0) is 11.1. The SMILES string of the molecule is CCN1CC(C)(C)Nc2cccc(O)c21. The predicted octanol–water partition coefficient (Wildman–Crippen LogP) is 2.42. The second kappa shape index (κ2) is 3.33. The zero-order valence-electron chi connectivity index (χ0n) is 9.54. The van der Waals surface area contributed by atoms with E-state index in [2.05, 4.69) is 31.0 Å². The molecule has 0 radical (unpaired) electrons. The molecule has 1 heterocycles. The normalized spacial score (nSPS) is 18.2. The van der Waals surface area contributed by atoms with Crippen molar-refractivity contribution in [3.63, 3.8) is 0 Å². The fourth-order valence-corrected chi connectivity index (χ4v) is 2.19.